The zero-order valence-corrected chi connectivity index (χ0v) is 14.6. The molecule has 0 aliphatic heterocycles. The molecule has 2 fully saturated rings. The summed E-state index contributed by atoms with van der Waals surface area (Å²) in [4.78, 5) is 16.3. The molecule has 3 rings (SSSR count). The standard InChI is InChI=1S/C15H24N4O3S/c1-11(7-19-10-16-9-17-19)18-23(21,22)8-15-5-4-12(6-13(15)20)14(15,2)3/h9-12,18H,4-8H2,1-3H3/t11-,12+,15+/m1/s1. The van der Waals surface area contributed by atoms with Gasteiger partial charge in [0.25, 0.3) is 0 Å². The topological polar surface area (TPSA) is 93.9 Å². The summed E-state index contributed by atoms with van der Waals surface area (Å²) in [5.41, 5.74) is -0.968. The first kappa shape index (κ1) is 16.6. The summed E-state index contributed by atoms with van der Waals surface area (Å²) in [6, 6.07) is -0.310. The number of hydrogen-bond donors (Lipinski definition) is 1. The van der Waals surface area contributed by atoms with Gasteiger partial charge in [0, 0.05) is 17.9 Å². The molecule has 0 saturated heterocycles. The number of sulfonamides is 1. The largest absolute Gasteiger partial charge is 0.299 e. The Morgan fingerprint density at radius 2 is 2.22 bits per heavy atom. The van der Waals surface area contributed by atoms with E-state index in [-0.39, 0.29) is 23.0 Å². The van der Waals surface area contributed by atoms with E-state index < -0.39 is 15.4 Å². The molecule has 0 unspecified atom stereocenters. The van der Waals surface area contributed by atoms with E-state index in [1.54, 1.807) is 17.9 Å². The number of fused-ring (bicyclic) bond motifs is 2. The number of aromatic nitrogens is 3. The second-order valence-electron chi connectivity index (χ2n) is 7.56. The van der Waals surface area contributed by atoms with Crippen LogP contribution in [-0.2, 0) is 21.4 Å². The van der Waals surface area contributed by atoms with Crippen molar-refractivity contribution in [3.8, 4) is 0 Å². The molecule has 0 aromatic carbocycles. The first-order valence-electron chi connectivity index (χ1n) is 8.02. The minimum atomic E-state index is -3.55. The molecule has 0 spiro atoms. The van der Waals surface area contributed by atoms with Crippen LogP contribution in [0, 0.1) is 16.7 Å². The summed E-state index contributed by atoms with van der Waals surface area (Å²) >= 11 is 0. The van der Waals surface area contributed by atoms with Crippen LogP contribution in [0.4, 0.5) is 0 Å². The number of rotatable bonds is 6. The molecule has 2 aliphatic carbocycles. The Balaban J connectivity index is 1.72. The van der Waals surface area contributed by atoms with Crippen molar-refractivity contribution in [2.24, 2.45) is 16.7 Å². The minimum Gasteiger partial charge on any atom is -0.299 e. The molecule has 1 heterocycles. The Bertz CT molecular complexity index is 698. The smallest absolute Gasteiger partial charge is 0.212 e. The predicted molar refractivity (Wildman–Crippen MR) is 85.0 cm³/mol. The summed E-state index contributed by atoms with van der Waals surface area (Å²) in [6.07, 6.45) is 5.12. The Morgan fingerprint density at radius 1 is 1.48 bits per heavy atom. The van der Waals surface area contributed by atoms with Gasteiger partial charge >= 0.3 is 0 Å². The number of ketones is 1. The van der Waals surface area contributed by atoms with Crippen molar-refractivity contribution in [2.75, 3.05) is 5.75 Å². The highest BCUT2D eigenvalue weighted by Gasteiger charge is 2.65. The zero-order chi connectivity index (χ0) is 16.9. The average Bonchev–Trinajstić information content (AvgIpc) is 3.03. The third-order valence-corrected chi connectivity index (χ3v) is 7.52. The average molecular weight is 340 g/mol. The SMILES string of the molecule is C[C@H](Cn1cncn1)NS(=O)(=O)C[C@@]12CC[C@@H](CC1=O)C2(C)C. The lowest BCUT2D eigenvalue weighted by Gasteiger charge is -2.36. The van der Waals surface area contributed by atoms with Crippen LogP contribution in [0.1, 0.15) is 40.0 Å². The molecule has 3 atom stereocenters. The summed E-state index contributed by atoms with van der Waals surface area (Å²) in [7, 11) is -3.55. The van der Waals surface area contributed by atoms with Crippen molar-refractivity contribution in [3.63, 3.8) is 0 Å². The van der Waals surface area contributed by atoms with E-state index in [1.807, 2.05) is 13.8 Å². The first-order valence-corrected chi connectivity index (χ1v) is 9.67. The normalized spacial score (nSPS) is 30.7. The van der Waals surface area contributed by atoms with Crippen LogP contribution >= 0.6 is 0 Å². The van der Waals surface area contributed by atoms with Gasteiger partial charge in [-0.1, -0.05) is 13.8 Å². The second kappa shape index (κ2) is 5.37. The maximum atomic E-state index is 12.6. The lowest BCUT2D eigenvalue weighted by molar-refractivity contribution is -0.128. The van der Waals surface area contributed by atoms with Gasteiger partial charge in [0.05, 0.1) is 12.3 Å². The molecule has 128 valence electrons. The summed E-state index contributed by atoms with van der Waals surface area (Å²) < 4.78 is 29.5. The first-order chi connectivity index (χ1) is 10.7. The van der Waals surface area contributed by atoms with Crippen molar-refractivity contribution < 1.29 is 13.2 Å². The van der Waals surface area contributed by atoms with Crippen LogP contribution in [0.25, 0.3) is 0 Å². The molecule has 1 N–H and O–H groups in total. The number of nitrogens with one attached hydrogen (secondary N) is 1. The van der Waals surface area contributed by atoms with Crippen molar-refractivity contribution in [1.82, 2.24) is 19.5 Å². The Morgan fingerprint density at radius 3 is 2.74 bits per heavy atom. The molecule has 0 radical (unpaired) electrons. The minimum absolute atomic E-state index is 0.107. The fourth-order valence-corrected chi connectivity index (χ4v) is 6.52. The van der Waals surface area contributed by atoms with E-state index in [2.05, 4.69) is 14.8 Å². The van der Waals surface area contributed by atoms with Gasteiger partial charge in [0.15, 0.2) is 0 Å². The molecule has 7 nitrogen and oxygen atoms in total. The highest BCUT2D eigenvalue weighted by atomic mass is 32.2. The van der Waals surface area contributed by atoms with Crippen LogP contribution in [0.3, 0.4) is 0 Å². The monoisotopic (exact) mass is 340 g/mol. The van der Waals surface area contributed by atoms with Crippen LogP contribution in [-0.4, -0.2) is 40.8 Å². The van der Waals surface area contributed by atoms with Crippen molar-refractivity contribution in [1.29, 1.82) is 0 Å². The fourth-order valence-electron chi connectivity index (χ4n) is 4.43. The highest BCUT2D eigenvalue weighted by molar-refractivity contribution is 7.89. The molecule has 8 heteroatoms. The lowest BCUT2D eigenvalue weighted by atomic mass is 9.70. The lowest BCUT2D eigenvalue weighted by Crippen LogP contribution is -2.47. The van der Waals surface area contributed by atoms with Gasteiger partial charge in [-0.15, -0.1) is 0 Å². The van der Waals surface area contributed by atoms with Gasteiger partial charge < -0.3 is 0 Å². The maximum Gasteiger partial charge on any atom is 0.212 e. The van der Waals surface area contributed by atoms with E-state index in [0.29, 0.717) is 25.3 Å². The number of nitrogens with zero attached hydrogens (tertiary/aromatic N) is 3. The van der Waals surface area contributed by atoms with Crippen LogP contribution in [0.15, 0.2) is 12.7 Å². The highest BCUT2D eigenvalue weighted by Crippen LogP contribution is 2.64. The predicted octanol–water partition coefficient (Wildman–Crippen LogP) is 0.981. The molecular weight excluding hydrogens is 316 g/mol. The Kier molecular flexibility index (Phi) is 3.87. The van der Waals surface area contributed by atoms with Crippen LogP contribution in [0.2, 0.25) is 0 Å². The molecule has 2 bridgehead atoms. The van der Waals surface area contributed by atoms with E-state index in [9.17, 15) is 13.2 Å². The van der Waals surface area contributed by atoms with Crippen LogP contribution in [0.5, 0.6) is 0 Å². The summed E-state index contributed by atoms with van der Waals surface area (Å²) in [5.74, 6) is 0.329. The number of carbonyl (C=O) groups is 1. The van der Waals surface area contributed by atoms with Gasteiger partial charge in [0.2, 0.25) is 10.0 Å². The molecule has 0 amide bonds. The van der Waals surface area contributed by atoms with Crippen molar-refractivity contribution in [2.45, 2.75) is 52.6 Å². The van der Waals surface area contributed by atoms with Gasteiger partial charge in [-0.3, -0.25) is 9.48 Å². The van der Waals surface area contributed by atoms with Crippen LogP contribution < -0.4 is 4.72 Å². The zero-order valence-electron chi connectivity index (χ0n) is 13.8. The van der Waals surface area contributed by atoms with Gasteiger partial charge in [-0.25, -0.2) is 18.1 Å². The third-order valence-electron chi connectivity index (χ3n) is 5.88. The van der Waals surface area contributed by atoms with Gasteiger partial charge in [0.1, 0.15) is 18.4 Å². The number of carbonyl (C=O) groups excluding carboxylic acids is 1. The van der Waals surface area contributed by atoms with E-state index in [1.165, 1.54) is 6.33 Å². The van der Waals surface area contributed by atoms with E-state index in [4.69, 9.17) is 0 Å². The van der Waals surface area contributed by atoms with E-state index >= 15 is 0 Å². The second-order valence-corrected chi connectivity index (χ2v) is 9.32. The summed E-state index contributed by atoms with van der Waals surface area (Å²) in [5, 5.41) is 3.98. The fraction of sp³-hybridized carbons (Fsp3) is 0.800. The van der Waals surface area contributed by atoms with Crippen molar-refractivity contribution in [3.05, 3.63) is 12.7 Å². The van der Waals surface area contributed by atoms with Gasteiger partial charge in [-0.05, 0) is 31.1 Å². The molecule has 23 heavy (non-hydrogen) atoms. The number of hydrogen-bond acceptors (Lipinski definition) is 5. The third kappa shape index (κ3) is 2.71. The van der Waals surface area contributed by atoms with E-state index in [0.717, 1.165) is 6.42 Å². The Labute approximate surface area is 136 Å². The molecule has 1 aromatic heterocycles. The van der Waals surface area contributed by atoms with Crippen molar-refractivity contribution >= 4 is 15.8 Å². The molecule has 2 aliphatic rings. The number of Topliss-reactive ketones (excluding diaryl/α,β-unsaturated/α-hetero) is 1. The maximum absolute atomic E-state index is 12.6. The van der Waals surface area contributed by atoms with Gasteiger partial charge in [-0.2, -0.15) is 5.10 Å². The molecule has 2 saturated carbocycles. The quantitative estimate of drug-likeness (QED) is 0.833. The molecular formula is C15H24N4O3S. The Hall–Kier alpha value is -1.28. The summed E-state index contributed by atoms with van der Waals surface area (Å²) in [6.45, 7) is 6.29. The molecule has 1 aromatic rings.